The molecule has 1 saturated heterocycles. The first-order valence-corrected chi connectivity index (χ1v) is 10.9. The maximum Gasteiger partial charge on any atom is 0.317 e. The van der Waals surface area contributed by atoms with E-state index in [0.717, 1.165) is 54.8 Å². The number of ether oxygens (including phenoxy) is 1. The number of carbonyl (C=O) groups excluding carboxylic acids is 1. The quantitative estimate of drug-likeness (QED) is 0.596. The minimum atomic E-state index is -0.803. The fourth-order valence-electron chi connectivity index (χ4n) is 4.39. The summed E-state index contributed by atoms with van der Waals surface area (Å²) in [4.78, 5) is 17.8. The normalized spacial score (nSPS) is 17.0. The van der Waals surface area contributed by atoms with Crippen molar-refractivity contribution in [3.8, 4) is 11.1 Å². The first-order chi connectivity index (χ1) is 14.5. The van der Waals surface area contributed by atoms with E-state index in [0.29, 0.717) is 17.5 Å². The number of benzene rings is 1. The lowest BCUT2D eigenvalue weighted by Gasteiger charge is -2.33. The van der Waals surface area contributed by atoms with Crippen LogP contribution in [0.1, 0.15) is 38.8 Å². The summed E-state index contributed by atoms with van der Waals surface area (Å²) in [7, 11) is 0. The Hall–Kier alpha value is -2.44. The van der Waals surface area contributed by atoms with Gasteiger partial charge in [0.2, 0.25) is 0 Å². The van der Waals surface area contributed by atoms with Crippen molar-refractivity contribution < 1.29 is 9.53 Å². The van der Waals surface area contributed by atoms with Gasteiger partial charge in [-0.25, -0.2) is 9.50 Å². The van der Waals surface area contributed by atoms with Crippen molar-refractivity contribution in [1.29, 1.82) is 0 Å². The van der Waals surface area contributed by atoms with Crippen LogP contribution in [0, 0.1) is 5.92 Å². The number of halogens is 1. The summed E-state index contributed by atoms with van der Waals surface area (Å²) in [5, 5.41) is 8.70. The average molecular weight is 427 g/mol. The van der Waals surface area contributed by atoms with E-state index in [1.807, 2.05) is 44.2 Å². The molecule has 3 heterocycles. The molecular formula is C23H27ClN4O2. The molecule has 2 aromatic heterocycles. The second-order valence-electron chi connectivity index (χ2n) is 8.08. The van der Waals surface area contributed by atoms with Crippen LogP contribution in [0.5, 0.6) is 0 Å². The van der Waals surface area contributed by atoms with Gasteiger partial charge in [-0.15, -0.1) is 0 Å². The van der Waals surface area contributed by atoms with Crippen LogP contribution in [0.4, 0.5) is 0 Å². The van der Waals surface area contributed by atoms with Crippen LogP contribution in [-0.2, 0) is 14.9 Å². The van der Waals surface area contributed by atoms with Gasteiger partial charge in [0.1, 0.15) is 5.41 Å². The Morgan fingerprint density at radius 3 is 2.70 bits per heavy atom. The predicted molar refractivity (Wildman–Crippen MR) is 118 cm³/mol. The summed E-state index contributed by atoms with van der Waals surface area (Å²) in [5.74, 6) is 0.245. The van der Waals surface area contributed by atoms with Gasteiger partial charge in [0.25, 0.3) is 0 Å². The van der Waals surface area contributed by atoms with E-state index < -0.39 is 5.41 Å². The zero-order valence-electron chi connectivity index (χ0n) is 17.4. The van der Waals surface area contributed by atoms with Gasteiger partial charge in [-0.3, -0.25) is 4.79 Å². The third kappa shape index (κ3) is 3.94. The third-order valence-corrected chi connectivity index (χ3v) is 6.26. The highest BCUT2D eigenvalue weighted by Crippen LogP contribution is 2.36. The maximum atomic E-state index is 13.2. The number of carbonyl (C=O) groups is 1. The molecule has 1 aliphatic heterocycles. The Morgan fingerprint density at radius 2 is 2.00 bits per heavy atom. The van der Waals surface area contributed by atoms with Crippen molar-refractivity contribution in [2.45, 2.75) is 38.5 Å². The zero-order chi connectivity index (χ0) is 21.1. The van der Waals surface area contributed by atoms with Crippen molar-refractivity contribution in [3.63, 3.8) is 0 Å². The molecule has 4 rings (SSSR count). The number of hydrogen-bond donors (Lipinski definition) is 1. The molecule has 1 aromatic carbocycles. The van der Waals surface area contributed by atoms with E-state index in [2.05, 4.69) is 15.4 Å². The second kappa shape index (κ2) is 8.74. The Labute approximate surface area is 181 Å². The van der Waals surface area contributed by atoms with Crippen LogP contribution in [0.15, 0.2) is 42.7 Å². The minimum Gasteiger partial charge on any atom is -0.465 e. The lowest BCUT2D eigenvalue weighted by molar-refractivity contribution is -0.150. The van der Waals surface area contributed by atoms with Crippen LogP contribution in [0.25, 0.3) is 16.8 Å². The molecular weight excluding hydrogens is 400 g/mol. The van der Waals surface area contributed by atoms with Gasteiger partial charge >= 0.3 is 5.97 Å². The van der Waals surface area contributed by atoms with Gasteiger partial charge in [0.15, 0.2) is 5.65 Å². The van der Waals surface area contributed by atoms with Gasteiger partial charge in [0, 0.05) is 16.8 Å². The summed E-state index contributed by atoms with van der Waals surface area (Å²) in [6.07, 6.45) is 6.39. The predicted octanol–water partition coefficient (Wildman–Crippen LogP) is 4.26. The molecule has 0 bridgehead atoms. The van der Waals surface area contributed by atoms with Crippen LogP contribution in [0.2, 0.25) is 5.02 Å². The molecule has 0 saturated carbocycles. The SMILES string of the molecule is CCOC(=O)C(C)(CC1CCNCC1)c1ccnc2c(-c3ccc(Cl)cc3)cnn12. The first-order valence-electron chi connectivity index (χ1n) is 10.5. The van der Waals surface area contributed by atoms with Crippen molar-refractivity contribution in [2.75, 3.05) is 19.7 Å². The molecule has 30 heavy (non-hydrogen) atoms. The van der Waals surface area contributed by atoms with Gasteiger partial charge < -0.3 is 10.1 Å². The summed E-state index contributed by atoms with van der Waals surface area (Å²) in [6.45, 7) is 6.14. The van der Waals surface area contributed by atoms with Crippen LogP contribution < -0.4 is 5.32 Å². The van der Waals surface area contributed by atoms with Crippen molar-refractivity contribution in [2.24, 2.45) is 5.92 Å². The first kappa shape index (κ1) is 20.8. The summed E-state index contributed by atoms with van der Waals surface area (Å²) in [5.41, 5.74) is 2.61. The number of rotatable bonds is 6. The van der Waals surface area contributed by atoms with E-state index >= 15 is 0 Å². The average Bonchev–Trinajstić information content (AvgIpc) is 3.19. The molecule has 7 heteroatoms. The molecule has 6 nitrogen and oxygen atoms in total. The van der Waals surface area contributed by atoms with E-state index in [1.54, 1.807) is 16.9 Å². The Balaban J connectivity index is 1.79. The second-order valence-corrected chi connectivity index (χ2v) is 8.52. The van der Waals surface area contributed by atoms with Gasteiger partial charge in [0.05, 0.1) is 18.5 Å². The van der Waals surface area contributed by atoms with Crippen molar-refractivity contribution >= 4 is 23.2 Å². The molecule has 1 unspecified atom stereocenters. The van der Waals surface area contributed by atoms with Gasteiger partial charge in [-0.05, 0) is 75.9 Å². The van der Waals surface area contributed by atoms with Crippen molar-refractivity contribution in [1.82, 2.24) is 19.9 Å². The molecule has 0 aliphatic carbocycles. The summed E-state index contributed by atoms with van der Waals surface area (Å²) < 4.78 is 7.32. The molecule has 0 radical (unpaired) electrons. The monoisotopic (exact) mass is 426 g/mol. The fraction of sp³-hybridized carbons (Fsp3) is 0.435. The Kier molecular flexibility index (Phi) is 6.06. The number of nitrogens with one attached hydrogen (secondary N) is 1. The van der Waals surface area contributed by atoms with E-state index in [4.69, 9.17) is 16.3 Å². The number of aromatic nitrogens is 3. The van der Waals surface area contributed by atoms with Crippen molar-refractivity contribution in [3.05, 3.63) is 53.4 Å². The highest BCUT2D eigenvalue weighted by molar-refractivity contribution is 6.30. The fourth-order valence-corrected chi connectivity index (χ4v) is 4.51. The van der Waals surface area contributed by atoms with Gasteiger partial charge in [-0.2, -0.15) is 5.10 Å². The molecule has 3 aromatic rings. The standard InChI is InChI=1S/C23H27ClN4O2/c1-3-30-22(29)23(2,14-16-8-11-25-12-9-16)20-10-13-26-21-19(15-27-28(20)21)17-4-6-18(24)7-5-17/h4-7,10,13,15-16,25H,3,8-9,11-12,14H2,1-2H3. The molecule has 0 spiro atoms. The molecule has 1 N–H and O–H groups in total. The molecule has 0 amide bonds. The number of esters is 1. The molecule has 1 aliphatic rings. The van der Waals surface area contributed by atoms with E-state index in [9.17, 15) is 4.79 Å². The maximum absolute atomic E-state index is 13.2. The number of piperidine rings is 1. The van der Waals surface area contributed by atoms with E-state index in [-0.39, 0.29) is 5.97 Å². The minimum absolute atomic E-state index is 0.209. The lowest BCUT2D eigenvalue weighted by atomic mass is 9.75. The zero-order valence-corrected chi connectivity index (χ0v) is 18.2. The Bertz CT molecular complexity index is 1030. The highest BCUT2D eigenvalue weighted by Gasteiger charge is 2.41. The molecule has 1 atom stereocenters. The molecule has 158 valence electrons. The van der Waals surface area contributed by atoms with Crippen LogP contribution in [-0.4, -0.2) is 40.3 Å². The number of nitrogens with zero attached hydrogens (tertiary/aromatic N) is 3. The van der Waals surface area contributed by atoms with E-state index in [1.165, 1.54) is 0 Å². The Morgan fingerprint density at radius 1 is 1.27 bits per heavy atom. The highest BCUT2D eigenvalue weighted by atomic mass is 35.5. The lowest BCUT2D eigenvalue weighted by Crippen LogP contribution is -2.40. The topological polar surface area (TPSA) is 68.5 Å². The molecule has 1 fully saturated rings. The number of hydrogen-bond acceptors (Lipinski definition) is 5. The van der Waals surface area contributed by atoms with Crippen LogP contribution >= 0.6 is 11.6 Å². The third-order valence-electron chi connectivity index (χ3n) is 6.00. The van der Waals surface area contributed by atoms with Crippen LogP contribution in [0.3, 0.4) is 0 Å². The smallest absolute Gasteiger partial charge is 0.317 e. The largest absolute Gasteiger partial charge is 0.465 e. The van der Waals surface area contributed by atoms with Gasteiger partial charge in [-0.1, -0.05) is 23.7 Å². The summed E-state index contributed by atoms with van der Waals surface area (Å²) in [6, 6.07) is 9.50. The number of fused-ring (bicyclic) bond motifs is 1. The summed E-state index contributed by atoms with van der Waals surface area (Å²) >= 11 is 6.04.